The molecule has 0 heterocycles. The number of non-ortho nitro benzene ring substituents is 1. The summed E-state index contributed by atoms with van der Waals surface area (Å²) in [6, 6.07) is 23.3. The third-order valence-corrected chi connectivity index (χ3v) is 3.75. The molecule has 3 aromatic rings. The third kappa shape index (κ3) is 4.27. The van der Waals surface area contributed by atoms with Crippen LogP contribution in [0, 0.1) is 10.1 Å². The lowest BCUT2D eigenvalue weighted by Gasteiger charge is -2.11. The molecule has 0 N–H and O–H groups in total. The van der Waals surface area contributed by atoms with Crippen molar-refractivity contribution in [1.82, 2.24) is 0 Å². The quantitative estimate of drug-likeness (QED) is 0.267. The van der Waals surface area contributed by atoms with E-state index in [1.807, 2.05) is 60.7 Å². The van der Waals surface area contributed by atoms with E-state index in [2.05, 4.69) is 0 Å². The first-order valence-electron chi connectivity index (χ1n) is 7.99. The Balaban J connectivity index is 1.94. The summed E-state index contributed by atoms with van der Waals surface area (Å²) in [6.45, 7) is 0. The first-order chi connectivity index (χ1) is 12.7. The van der Waals surface area contributed by atoms with E-state index in [4.69, 9.17) is 9.47 Å². The molecule has 0 unspecified atom stereocenters. The van der Waals surface area contributed by atoms with Gasteiger partial charge in [0, 0.05) is 17.7 Å². The predicted molar refractivity (Wildman–Crippen MR) is 101 cm³/mol. The second-order valence-corrected chi connectivity index (χ2v) is 5.50. The van der Waals surface area contributed by atoms with E-state index in [0.717, 1.165) is 16.9 Å². The Morgan fingerprint density at radius 1 is 0.885 bits per heavy atom. The molecule has 3 aromatic carbocycles. The van der Waals surface area contributed by atoms with E-state index in [9.17, 15) is 10.1 Å². The van der Waals surface area contributed by atoms with Gasteiger partial charge < -0.3 is 9.47 Å². The van der Waals surface area contributed by atoms with Crippen LogP contribution in [0.25, 0.3) is 11.8 Å². The van der Waals surface area contributed by atoms with Crippen LogP contribution in [0.5, 0.6) is 11.5 Å². The van der Waals surface area contributed by atoms with Gasteiger partial charge in [0.25, 0.3) is 5.69 Å². The number of rotatable bonds is 6. The summed E-state index contributed by atoms with van der Waals surface area (Å²) in [5.41, 5.74) is 1.88. The van der Waals surface area contributed by atoms with Crippen molar-refractivity contribution in [2.24, 2.45) is 0 Å². The first kappa shape index (κ1) is 17.2. The van der Waals surface area contributed by atoms with Crippen LogP contribution in [0.2, 0.25) is 0 Å². The zero-order valence-electron chi connectivity index (χ0n) is 14.2. The molecule has 0 aliphatic rings. The van der Waals surface area contributed by atoms with Crippen LogP contribution in [0.1, 0.15) is 11.1 Å². The van der Waals surface area contributed by atoms with Gasteiger partial charge >= 0.3 is 0 Å². The normalized spacial score (nSPS) is 11.0. The lowest BCUT2D eigenvalue weighted by molar-refractivity contribution is -0.384. The van der Waals surface area contributed by atoms with E-state index in [-0.39, 0.29) is 5.69 Å². The van der Waals surface area contributed by atoms with E-state index in [1.165, 1.54) is 12.1 Å². The number of nitro groups is 1. The van der Waals surface area contributed by atoms with Gasteiger partial charge in [-0.05, 0) is 48.0 Å². The standard InChI is InChI=1S/C21H17NO4/c1-25-19-11-7-17(8-12-19)21(15-16-5-3-2-4-6-16)26-20-13-9-18(10-14-20)22(23)24/h2-15H,1H3/b21-15-. The maximum atomic E-state index is 10.8. The molecule has 130 valence electrons. The van der Waals surface area contributed by atoms with Gasteiger partial charge in [0.15, 0.2) is 0 Å². The lowest BCUT2D eigenvalue weighted by Crippen LogP contribution is -1.96. The van der Waals surface area contributed by atoms with Crippen LogP contribution in [-0.2, 0) is 0 Å². The fourth-order valence-electron chi connectivity index (χ4n) is 2.39. The second-order valence-electron chi connectivity index (χ2n) is 5.50. The number of hydrogen-bond donors (Lipinski definition) is 0. The summed E-state index contributed by atoms with van der Waals surface area (Å²) in [4.78, 5) is 10.4. The summed E-state index contributed by atoms with van der Waals surface area (Å²) in [5.74, 6) is 1.91. The molecular weight excluding hydrogens is 330 g/mol. The molecule has 0 atom stereocenters. The molecule has 0 aliphatic carbocycles. The van der Waals surface area contributed by atoms with Gasteiger partial charge in [-0.25, -0.2) is 0 Å². The number of nitrogens with zero attached hydrogens (tertiary/aromatic N) is 1. The Morgan fingerprint density at radius 3 is 2.08 bits per heavy atom. The van der Waals surface area contributed by atoms with Crippen LogP contribution in [0.15, 0.2) is 78.9 Å². The Morgan fingerprint density at radius 2 is 1.50 bits per heavy atom. The van der Waals surface area contributed by atoms with Gasteiger partial charge in [0.05, 0.1) is 12.0 Å². The molecule has 0 radical (unpaired) electrons. The van der Waals surface area contributed by atoms with Gasteiger partial charge in [-0.1, -0.05) is 30.3 Å². The smallest absolute Gasteiger partial charge is 0.269 e. The number of ether oxygens (including phenoxy) is 2. The molecular formula is C21H17NO4. The molecule has 0 spiro atoms. The van der Waals surface area contributed by atoms with Crippen LogP contribution in [-0.4, -0.2) is 12.0 Å². The van der Waals surface area contributed by atoms with Gasteiger partial charge in [-0.3, -0.25) is 10.1 Å². The van der Waals surface area contributed by atoms with Crippen LogP contribution in [0.4, 0.5) is 5.69 Å². The fourth-order valence-corrected chi connectivity index (χ4v) is 2.39. The van der Waals surface area contributed by atoms with E-state index in [0.29, 0.717) is 11.5 Å². The maximum absolute atomic E-state index is 10.8. The van der Waals surface area contributed by atoms with Crippen molar-refractivity contribution >= 4 is 17.5 Å². The summed E-state index contributed by atoms with van der Waals surface area (Å²) in [7, 11) is 1.61. The van der Waals surface area contributed by atoms with Crippen LogP contribution in [0.3, 0.4) is 0 Å². The predicted octanol–water partition coefficient (Wildman–Crippen LogP) is 5.18. The Hall–Kier alpha value is -3.60. The van der Waals surface area contributed by atoms with Crippen LogP contribution < -0.4 is 9.47 Å². The van der Waals surface area contributed by atoms with E-state index in [1.54, 1.807) is 19.2 Å². The van der Waals surface area contributed by atoms with Crippen LogP contribution >= 0.6 is 0 Å². The summed E-state index contributed by atoms with van der Waals surface area (Å²) < 4.78 is 11.2. The van der Waals surface area contributed by atoms with Crippen molar-refractivity contribution in [3.8, 4) is 11.5 Å². The molecule has 0 amide bonds. The molecule has 0 saturated carbocycles. The summed E-state index contributed by atoms with van der Waals surface area (Å²) in [5, 5.41) is 10.8. The molecule has 5 heteroatoms. The maximum Gasteiger partial charge on any atom is 0.269 e. The van der Waals surface area contributed by atoms with Gasteiger partial charge in [0.1, 0.15) is 17.3 Å². The highest BCUT2D eigenvalue weighted by Gasteiger charge is 2.09. The largest absolute Gasteiger partial charge is 0.497 e. The highest BCUT2D eigenvalue weighted by molar-refractivity contribution is 5.78. The minimum Gasteiger partial charge on any atom is -0.497 e. The number of benzene rings is 3. The molecule has 3 rings (SSSR count). The van der Waals surface area contributed by atoms with Crippen molar-refractivity contribution in [3.63, 3.8) is 0 Å². The number of methoxy groups -OCH3 is 1. The molecule has 0 bridgehead atoms. The lowest BCUT2D eigenvalue weighted by atomic mass is 10.1. The molecule has 5 nitrogen and oxygen atoms in total. The molecule has 0 aliphatic heterocycles. The van der Waals surface area contributed by atoms with E-state index < -0.39 is 4.92 Å². The van der Waals surface area contributed by atoms with Gasteiger partial charge in [-0.2, -0.15) is 0 Å². The van der Waals surface area contributed by atoms with Gasteiger partial charge in [-0.15, -0.1) is 0 Å². The average Bonchev–Trinajstić information content (AvgIpc) is 2.69. The first-order valence-corrected chi connectivity index (χ1v) is 7.99. The van der Waals surface area contributed by atoms with Gasteiger partial charge in [0.2, 0.25) is 0 Å². The number of nitro benzene ring substituents is 1. The zero-order valence-corrected chi connectivity index (χ0v) is 14.2. The van der Waals surface area contributed by atoms with Crippen molar-refractivity contribution in [1.29, 1.82) is 0 Å². The Kier molecular flexibility index (Phi) is 5.29. The summed E-state index contributed by atoms with van der Waals surface area (Å²) >= 11 is 0. The minimum absolute atomic E-state index is 0.0235. The van der Waals surface area contributed by atoms with Crippen molar-refractivity contribution in [3.05, 3.63) is 100 Å². The molecule has 26 heavy (non-hydrogen) atoms. The van der Waals surface area contributed by atoms with Crippen molar-refractivity contribution in [2.75, 3.05) is 7.11 Å². The highest BCUT2D eigenvalue weighted by atomic mass is 16.6. The van der Waals surface area contributed by atoms with Crippen molar-refractivity contribution < 1.29 is 14.4 Å². The van der Waals surface area contributed by atoms with E-state index >= 15 is 0 Å². The molecule has 0 aromatic heterocycles. The Labute approximate surface area is 151 Å². The second kappa shape index (κ2) is 7.98. The minimum atomic E-state index is -0.437. The highest BCUT2D eigenvalue weighted by Crippen LogP contribution is 2.26. The zero-order chi connectivity index (χ0) is 18.4. The van der Waals surface area contributed by atoms with Crippen molar-refractivity contribution in [2.45, 2.75) is 0 Å². The molecule has 0 saturated heterocycles. The fraction of sp³-hybridized carbons (Fsp3) is 0.0476. The SMILES string of the molecule is COc1ccc(/C(=C/c2ccccc2)Oc2ccc([N+](=O)[O-])cc2)cc1. The number of hydrogen-bond acceptors (Lipinski definition) is 4. The Bertz CT molecular complexity index is 901. The monoisotopic (exact) mass is 347 g/mol. The summed E-state index contributed by atoms with van der Waals surface area (Å²) in [6.07, 6.45) is 1.92. The third-order valence-electron chi connectivity index (χ3n) is 3.75. The average molecular weight is 347 g/mol. The topological polar surface area (TPSA) is 61.6 Å². The molecule has 0 fully saturated rings.